The van der Waals surface area contributed by atoms with Gasteiger partial charge < -0.3 is 10.6 Å². The van der Waals surface area contributed by atoms with Gasteiger partial charge in [0.2, 0.25) is 5.91 Å². The third-order valence-corrected chi connectivity index (χ3v) is 3.30. The maximum absolute atomic E-state index is 11.9. The van der Waals surface area contributed by atoms with Gasteiger partial charge in [-0.05, 0) is 24.6 Å². The van der Waals surface area contributed by atoms with Crippen LogP contribution in [0.1, 0.15) is 31.9 Å². The summed E-state index contributed by atoms with van der Waals surface area (Å²) in [6.07, 6.45) is 1.67. The molecule has 0 saturated heterocycles. The molecule has 4 heteroatoms. The van der Waals surface area contributed by atoms with Crippen LogP contribution >= 0.6 is 0 Å². The molecule has 0 atom stereocenters. The van der Waals surface area contributed by atoms with E-state index in [1.807, 2.05) is 32.9 Å². The van der Waals surface area contributed by atoms with Crippen LogP contribution in [-0.4, -0.2) is 10.9 Å². The number of amides is 1. The summed E-state index contributed by atoms with van der Waals surface area (Å²) < 4.78 is 0. The van der Waals surface area contributed by atoms with Crippen molar-refractivity contribution < 1.29 is 4.79 Å². The van der Waals surface area contributed by atoms with Crippen molar-refractivity contribution in [3.63, 3.8) is 0 Å². The quantitative estimate of drug-likeness (QED) is 0.897. The first-order chi connectivity index (χ1) is 10.3. The molecular formula is C18H23N3O. The van der Waals surface area contributed by atoms with Crippen molar-refractivity contribution in [2.24, 2.45) is 5.41 Å². The number of hydrogen-bond donors (Lipinski definition) is 2. The molecule has 2 N–H and O–H groups in total. The lowest BCUT2D eigenvalue weighted by atomic mass is 9.96. The first kappa shape index (κ1) is 16.0. The van der Waals surface area contributed by atoms with Gasteiger partial charge >= 0.3 is 0 Å². The lowest BCUT2D eigenvalue weighted by Gasteiger charge is -2.17. The Bertz CT molecular complexity index is 625. The van der Waals surface area contributed by atoms with Crippen LogP contribution in [0.15, 0.2) is 42.6 Å². The number of nitrogens with one attached hydrogen (secondary N) is 2. The minimum atomic E-state index is -0.414. The molecular weight excluding hydrogens is 274 g/mol. The Hall–Kier alpha value is -2.36. The molecule has 0 aliphatic rings. The third kappa shape index (κ3) is 4.58. The van der Waals surface area contributed by atoms with Gasteiger partial charge in [0.15, 0.2) is 0 Å². The first-order valence-electron chi connectivity index (χ1n) is 7.41. The highest BCUT2D eigenvalue weighted by atomic mass is 16.2. The van der Waals surface area contributed by atoms with Crippen LogP contribution in [-0.2, 0) is 11.3 Å². The lowest BCUT2D eigenvalue weighted by molar-refractivity contribution is -0.123. The van der Waals surface area contributed by atoms with E-state index in [0.29, 0.717) is 5.69 Å². The second-order valence-electron chi connectivity index (χ2n) is 6.48. The monoisotopic (exact) mass is 297 g/mol. The molecule has 0 bridgehead atoms. The topological polar surface area (TPSA) is 54.0 Å². The van der Waals surface area contributed by atoms with Crippen LogP contribution in [0, 0.1) is 12.3 Å². The number of aromatic nitrogens is 1. The van der Waals surface area contributed by atoms with Gasteiger partial charge in [0.1, 0.15) is 5.82 Å². The maximum atomic E-state index is 11.9. The Morgan fingerprint density at radius 1 is 1.09 bits per heavy atom. The number of nitrogens with zero attached hydrogens (tertiary/aromatic N) is 1. The van der Waals surface area contributed by atoms with Gasteiger partial charge in [-0.15, -0.1) is 0 Å². The number of pyridine rings is 1. The fraction of sp³-hybridized carbons (Fsp3) is 0.333. The van der Waals surface area contributed by atoms with E-state index in [1.54, 1.807) is 6.20 Å². The van der Waals surface area contributed by atoms with Gasteiger partial charge in [0.05, 0.1) is 11.9 Å². The van der Waals surface area contributed by atoms with Crippen molar-refractivity contribution in [2.75, 3.05) is 10.6 Å². The summed E-state index contributed by atoms with van der Waals surface area (Å²) in [7, 11) is 0. The van der Waals surface area contributed by atoms with Crippen LogP contribution in [0.25, 0.3) is 0 Å². The molecule has 116 valence electrons. The molecule has 22 heavy (non-hydrogen) atoms. The van der Waals surface area contributed by atoms with E-state index >= 15 is 0 Å². The number of benzene rings is 1. The zero-order valence-corrected chi connectivity index (χ0v) is 13.6. The summed E-state index contributed by atoms with van der Waals surface area (Å²) in [4.78, 5) is 16.2. The predicted octanol–water partition coefficient (Wildman–Crippen LogP) is 3.99. The maximum Gasteiger partial charge on any atom is 0.229 e. The molecule has 1 aromatic heterocycles. The van der Waals surface area contributed by atoms with Gasteiger partial charge in [0, 0.05) is 12.0 Å². The molecule has 1 aromatic carbocycles. The van der Waals surface area contributed by atoms with E-state index in [2.05, 4.69) is 46.8 Å². The van der Waals surface area contributed by atoms with Gasteiger partial charge in [-0.2, -0.15) is 0 Å². The molecule has 0 fully saturated rings. The van der Waals surface area contributed by atoms with Gasteiger partial charge in [-0.3, -0.25) is 4.79 Å². The van der Waals surface area contributed by atoms with Crippen molar-refractivity contribution in [3.8, 4) is 0 Å². The highest BCUT2D eigenvalue weighted by molar-refractivity contribution is 5.94. The Balaban J connectivity index is 1.92. The average Bonchev–Trinajstić information content (AvgIpc) is 2.47. The van der Waals surface area contributed by atoms with Crippen molar-refractivity contribution in [2.45, 2.75) is 34.2 Å². The van der Waals surface area contributed by atoms with Crippen LogP contribution in [0.5, 0.6) is 0 Å². The van der Waals surface area contributed by atoms with Crippen LogP contribution in [0.2, 0.25) is 0 Å². The second-order valence-corrected chi connectivity index (χ2v) is 6.48. The third-order valence-electron chi connectivity index (χ3n) is 3.30. The molecule has 0 radical (unpaired) electrons. The number of rotatable bonds is 4. The number of anilines is 2. The van der Waals surface area contributed by atoms with Gasteiger partial charge in [-0.1, -0.05) is 50.6 Å². The van der Waals surface area contributed by atoms with Crippen LogP contribution in [0.3, 0.4) is 0 Å². The number of carbonyl (C=O) groups excluding carboxylic acids is 1. The smallest absolute Gasteiger partial charge is 0.229 e. The second kappa shape index (κ2) is 6.60. The van der Waals surface area contributed by atoms with E-state index in [9.17, 15) is 4.79 Å². The van der Waals surface area contributed by atoms with Crippen molar-refractivity contribution >= 4 is 17.4 Å². The molecule has 0 unspecified atom stereocenters. The number of aryl methyl sites for hydroxylation is 1. The predicted molar refractivity (Wildman–Crippen MR) is 90.8 cm³/mol. The summed E-state index contributed by atoms with van der Waals surface area (Å²) in [5.74, 6) is 0.768. The highest BCUT2D eigenvalue weighted by Gasteiger charge is 2.21. The lowest BCUT2D eigenvalue weighted by Crippen LogP contribution is -2.27. The molecule has 0 aliphatic heterocycles. The average molecular weight is 297 g/mol. The molecule has 4 nitrogen and oxygen atoms in total. The molecule has 0 aliphatic carbocycles. The minimum Gasteiger partial charge on any atom is -0.366 e. The molecule has 1 heterocycles. The highest BCUT2D eigenvalue weighted by Crippen LogP contribution is 2.17. The zero-order valence-electron chi connectivity index (χ0n) is 13.6. The Morgan fingerprint density at radius 2 is 1.77 bits per heavy atom. The van der Waals surface area contributed by atoms with Crippen molar-refractivity contribution in [3.05, 3.63) is 53.7 Å². The fourth-order valence-electron chi connectivity index (χ4n) is 1.79. The van der Waals surface area contributed by atoms with Gasteiger partial charge in [-0.25, -0.2) is 4.98 Å². The van der Waals surface area contributed by atoms with E-state index in [4.69, 9.17) is 0 Å². The summed E-state index contributed by atoms with van der Waals surface area (Å²) in [6.45, 7) is 8.44. The summed E-state index contributed by atoms with van der Waals surface area (Å²) in [5, 5.41) is 6.13. The molecule has 1 amide bonds. The van der Waals surface area contributed by atoms with Crippen LogP contribution in [0.4, 0.5) is 11.5 Å². The first-order valence-corrected chi connectivity index (χ1v) is 7.41. The standard InChI is InChI=1S/C18H23N3O/c1-13-5-7-14(8-6-13)11-19-16-10-9-15(12-20-16)21-17(22)18(2,3)4/h5-10,12H,11H2,1-4H3,(H,19,20)(H,21,22). The summed E-state index contributed by atoms with van der Waals surface area (Å²) in [6, 6.07) is 12.1. The molecule has 2 rings (SSSR count). The summed E-state index contributed by atoms with van der Waals surface area (Å²) in [5.41, 5.74) is 2.75. The van der Waals surface area contributed by atoms with E-state index in [0.717, 1.165) is 12.4 Å². The Labute approximate surface area is 132 Å². The van der Waals surface area contributed by atoms with E-state index in [-0.39, 0.29) is 5.91 Å². The van der Waals surface area contributed by atoms with E-state index in [1.165, 1.54) is 11.1 Å². The van der Waals surface area contributed by atoms with Crippen molar-refractivity contribution in [1.29, 1.82) is 0 Å². The number of carbonyl (C=O) groups is 1. The zero-order chi connectivity index (χ0) is 16.2. The summed E-state index contributed by atoms with van der Waals surface area (Å²) >= 11 is 0. The molecule has 0 spiro atoms. The SMILES string of the molecule is Cc1ccc(CNc2ccc(NC(=O)C(C)(C)C)cn2)cc1. The largest absolute Gasteiger partial charge is 0.366 e. The van der Waals surface area contributed by atoms with Crippen LogP contribution < -0.4 is 10.6 Å². The fourth-order valence-corrected chi connectivity index (χ4v) is 1.79. The minimum absolute atomic E-state index is 0.0188. The Kier molecular flexibility index (Phi) is 4.81. The Morgan fingerprint density at radius 3 is 2.32 bits per heavy atom. The number of hydrogen-bond acceptors (Lipinski definition) is 3. The molecule has 0 saturated carbocycles. The van der Waals surface area contributed by atoms with Gasteiger partial charge in [0.25, 0.3) is 0 Å². The van der Waals surface area contributed by atoms with E-state index < -0.39 is 5.41 Å². The normalized spacial score (nSPS) is 11.1. The molecule has 2 aromatic rings. The van der Waals surface area contributed by atoms with Crippen molar-refractivity contribution in [1.82, 2.24) is 4.98 Å².